The molecule has 6 heteroatoms. The minimum atomic E-state index is 0.0220. The van der Waals surface area contributed by atoms with E-state index in [4.69, 9.17) is 10.00 Å². The second-order valence-corrected chi connectivity index (χ2v) is 7.01. The second-order valence-electron chi connectivity index (χ2n) is 7.01. The van der Waals surface area contributed by atoms with Crippen molar-refractivity contribution in [2.75, 3.05) is 26.3 Å². The third kappa shape index (κ3) is 6.12. The van der Waals surface area contributed by atoms with Crippen molar-refractivity contribution in [1.29, 1.82) is 5.26 Å². The molecule has 0 unspecified atom stereocenters. The molecule has 1 heterocycles. The zero-order chi connectivity index (χ0) is 22.1. The Balaban J connectivity index is 1.69. The molecule has 31 heavy (non-hydrogen) atoms. The van der Waals surface area contributed by atoms with Crippen molar-refractivity contribution in [3.05, 3.63) is 70.8 Å². The Labute approximate surface area is 182 Å². The Morgan fingerprint density at radius 1 is 1.00 bits per heavy atom. The molecule has 0 aromatic heterocycles. The fraction of sp³-hybridized carbons (Fsp3) is 0.280. The second kappa shape index (κ2) is 10.9. The van der Waals surface area contributed by atoms with E-state index < -0.39 is 0 Å². The molecule has 1 aliphatic heterocycles. The summed E-state index contributed by atoms with van der Waals surface area (Å²) in [6, 6.07) is 16.6. The van der Waals surface area contributed by atoms with E-state index in [-0.39, 0.29) is 5.91 Å². The number of morpholine rings is 1. The highest BCUT2D eigenvalue weighted by molar-refractivity contribution is 6.03. The van der Waals surface area contributed by atoms with Crippen molar-refractivity contribution in [2.24, 2.45) is 10.2 Å². The molecule has 0 bridgehead atoms. The van der Waals surface area contributed by atoms with Gasteiger partial charge < -0.3 is 9.64 Å². The van der Waals surface area contributed by atoms with Crippen LogP contribution < -0.4 is 0 Å². The smallest absolute Gasteiger partial charge is 0.254 e. The molecule has 1 fully saturated rings. The molecule has 0 radical (unpaired) electrons. The third-order valence-electron chi connectivity index (χ3n) is 4.87. The van der Waals surface area contributed by atoms with E-state index in [1.807, 2.05) is 55.1 Å². The van der Waals surface area contributed by atoms with Gasteiger partial charge in [0.1, 0.15) is 5.71 Å². The van der Waals surface area contributed by atoms with Crippen molar-refractivity contribution in [3.63, 3.8) is 0 Å². The maximum atomic E-state index is 12.5. The number of rotatable bonds is 4. The molecule has 1 aliphatic rings. The summed E-state index contributed by atoms with van der Waals surface area (Å²) in [7, 11) is 0. The first kappa shape index (κ1) is 22.0. The van der Waals surface area contributed by atoms with Crippen LogP contribution in [-0.2, 0) is 4.74 Å². The summed E-state index contributed by atoms with van der Waals surface area (Å²) < 4.78 is 5.30. The van der Waals surface area contributed by atoms with Gasteiger partial charge in [0.2, 0.25) is 0 Å². The number of benzene rings is 2. The Bertz CT molecular complexity index is 1080. The van der Waals surface area contributed by atoms with Crippen LogP contribution in [0.15, 0.2) is 58.7 Å². The number of hydrogen-bond donors (Lipinski definition) is 0. The maximum Gasteiger partial charge on any atom is 0.254 e. The normalized spacial score (nSPS) is 14.4. The maximum absolute atomic E-state index is 12.5. The number of nitrogens with zero attached hydrogens (tertiary/aromatic N) is 4. The summed E-state index contributed by atoms with van der Waals surface area (Å²) >= 11 is 0. The molecular weight excluding hydrogens is 388 g/mol. The Morgan fingerprint density at radius 3 is 2.23 bits per heavy atom. The highest BCUT2D eigenvalue weighted by Gasteiger charge is 2.18. The van der Waals surface area contributed by atoms with Crippen LogP contribution >= 0.6 is 0 Å². The van der Waals surface area contributed by atoms with Crippen molar-refractivity contribution in [3.8, 4) is 17.9 Å². The van der Waals surface area contributed by atoms with E-state index in [2.05, 4.69) is 28.1 Å². The molecule has 6 nitrogen and oxygen atoms in total. The third-order valence-corrected chi connectivity index (χ3v) is 4.87. The lowest BCUT2D eigenvalue weighted by Crippen LogP contribution is -2.40. The molecule has 0 spiro atoms. The van der Waals surface area contributed by atoms with E-state index in [1.54, 1.807) is 12.1 Å². The monoisotopic (exact) mass is 412 g/mol. The molecule has 2 aromatic rings. The SMILES string of the molecule is CC/C(C#Cc1ccc(C#N)cc1)=N\N=C(\C)c1ccc(C(=O)N2CCOCC2)cc1. The van der Waals surface area contributed by atoms with Crippen LogP contribution in [0, 0.1) is 23.2 Å². The van der Waals surface area contributed by atoms with Crippen LogP contribution in [0.4, 0.5) is 0 Å². The fourth-order valence-electron chi connectivity index (χ4n) is 2.95. The summed E-state index contributed by atoms with van der Waals surface area (Å²) in [4.78, 5) is 14.4. The number of hydrogen-bond acceptors (Lipinski definition) is 5. The Kier molecular flexibility index (Phi) is 7.70. The lowest BCUT2D eigenvalue weighted by molar-refractivity contribution is 0.0303. The molecule has 0 saturated carbocycles. The highest BCUT2D eigenvalue weighted by atomic mass is 16.5. The van der Waals surface area contributed by atoms with Gasteiger partial charge in [-0.1, -0.05) is 25.0 Å². The standard InChI is InChI=1S/C25H24N4O2/c1-3-24(13-8-20-4-6-21(18-26)7-5-20)28-27-19(2)22-9-11-23(12-10-22)25(30)29-14-16-31-17-15-29/h4-7,9-12H,3,14-17H2,1-2H3/b27-19-,28-24+. The van der Waals surface area contributed by atoms with Gasteiger partial charge in [0, 0.05) is 24.2 Å². The van der Waals surface area contributed by atoms with Crippen molar-refractivity contribution >= 4 is 17.3 Å². The van der Waals surface area contributed by atoms with Crippen LogP contribution in [0.1, 0.15) is 47.3 Å². The van der Waals surface area contributed by atoms with Gasteiger partial charge in [-0.3, -0.25) is 4.79 Å². The summed E-state index contributed by atoms with van der Waals surface area (Å²) in [6.45, 7) is 6.27. The van der Waals surface area contributed by atoms with E-state index in [9.17, 15) is 4.79 Å². The number of nitriles is 1. The molecular formula is C25H24N4O2. The lowest BCUT2D eigenvalue weighted by atomic mass is 10.1. The molecule has 3 rings (SSSR count). The van der Waals surface area contributed by atoms with Crippen molar-refractivity contribution in [2.45, 2.75) is 20.3 Å². The van der Waals surface area contributed by atoms with Crippen LogP contribution in [0.25, 0.3) is 0 Å². The van der Waals surface area contributed by atoms with Gasteiger partial charge in [-0.05, 0) is 61.2 Å². The topological polar surface area (TPSA) is 78.0 Å². The quantitative estimate of drug-likeness (QED) is 0.437. The minimum absolute atomic E-state index is 0.0220. The number of carbonyl (C=O) groups is 1. The van der Waals surface area contributed by atoms with Gasteiger partial charge in [0.25, 0.3) is 5.91 Å². The summed E-state index contributed by atoms with van der Waals surface area (Å²) in [5.41, 5.74) is 4.40. The zero-order valence-electron chi connectivity index (χ0n) is 17.8. The first-order valence-electron chi connectivity index (χ1n) is 10.2. The van der Waals surface area contributed by atoms with Crippen LogP contribution in [0.5, 0.6) is 0 Å². The van der Waals surface area contributed by atoms with Crippen molar-refractivity contribution < 1.29 is 9.53 Å². The molecule has 0 aliphatic carbocycles. The molecule has 0 N–H and O–H groups in total. The van der Waals surface area contributed by atoms with Crippen LogP contribution in [-0.4, -0.2) is 48.5 Å². The number of amides is 1. The molecule has 2 aromatic carbocycles. The molecule has 1 amide bonds. The van der Waals surface area contributed by atoms with Gasteiger partial charge in [-0.25, -0.2) is 0 Å². The van der Waals surface area contributed by atoms with E-state index in [0.717, 1.165) is 16.8 Å². The van der Waals surface area contributed by atoms with Gasteiger partial charge >= 0.3 is 0 Å². The van der Waals surface area contributed by atoms with E-state index in [0.29, 0.717) is 49.6 Å². The number of carbonyl (C=O) groups excluding carboxylic acids is 1. The van der Waals surface area contributed by atoms with Gasteiger partial charge in [-0.15, -0.1) is 5.10 Å². The Morgan fingerprint density at radius 2 is 1.61 bits per heavy atom. The molecule has 1 saturated heterocycles. The van der Waals surface area contributed by atoms with E-state index in [1.165, 1.54) is 0 Å². The minimum Gasteiger partial charge on any atom is -0.378 e. The van der Waals surface area contributed by atoms with Crippen molar-refractivity contribution in [1.82, 2.24) is 4.90 Å². The molecule has 0 atom stereocenters. The summed E-state index contributed by atoms with van der Waals surface area (Å²) in [5, 5.41) is 17.5. The molecule has 156 valence electrons. The average molecular weight is 412 g/mol. The lowest BCUT2D eigenvalue weighted by Gasteiger charge is -2.26. The predicted octanol–water partition coefficient (Wildman–Crippen LogP) is 3.66. The first-order chi connectivity index (χ1) is 15.1. The van der Waals surface area contributed by atoms with Gasteiger partial charge in [0.05, 0.1) is 30.6 Å². The average Bonchev–Trinajstić information content (AvgIpc) is 2.84. The summed E-state index contributed by atoms with van der Waals surface area (Å²) in [6.07, 6.45) is 0.660. The van der Waals surface area contributed by atoms with Gasteiger partial charge in [0.15, 0.2) is 0 Å². The summed E-state index contributed by atoms with van der Waals surface area (Å²) in [5.74, 6) is 6.11. The van der Waals surface area contributed by atoms with E-state index >= 15 is 0 Å². The zero-order valence-corrected chi connectivity index (χ0v) is 17.8. The first-order valence-corrected chi connectivity index (χ1v) is 10.2. The fourth-order valence-corrected chi connectivity index (χ4v) is 2.95. The van der Waals surface area contributed by atoms with Crippen LogP contribution in [0.3, 0.4) is 0 Å². The highest BCUT2D eigenvalue weighted by Crippen LogP contribution is 2.11. The largest absolute Gasteiger partial charge is 0.378 e. The Hall–Kier alpha value is -3.74. The predicted molar refractivity (Wildman–Crippen MR) is 121 cm³/mol. The van der Waals surface area contributed by atoms with Gasteiger partial charge in [-0.2, -0.15) is 10.4 Å². The number of ether oxygens (including phenoxy) is 1. The van der Waals surface area contributed by atoms with Crippen LogP contribution in [0.2, 0.25) is 0 Å².